The first-order valence-electron chi connectivity index (χ1n) is 8.83. The lowest BCUT2D eigenvalue weighted by molar-refractivity contribution is -0.123. The maximum absolute atomic E-state index is 12.3. The molecular formula is C21H25NO4. The first-order valence-corrected chi connectivity index (χ1v) is 8.83. The molecule has 1 N–H and O–H groups in total. The zero-order chi connectivity index (χ0) is 18.7. The summed E-state index contributed by atoms with van der Waals surface area (Å²) >= 11 is 0. The number of carbonyl (C=O) groups is 1. The predicted molar refractivity (Wildman–Crippen MR) is 100 cm³/mol. The monoisotopic (exact) mass is 355 g/mol. The van der Waals surface area contributed by atoms with Crippen LogP contribution in [0.2, 0.25) is 0 Å². The molecule has 0 saturated carbocycles. The Morgan fingerprint density at radius 2 is 1.73 bits per heavy atom. The number of rotatable bonds is 5. The molecule has 0 bridgehead atoms. The number of ether oxygens (including phenoxy) is 3. The van der Waals surface area contributed by atoms with E-state index in [-0.39, 0.29) is 18.6 Å². The van der Waals surface area contributed by atoms with E-state index in [1.165, 1.54) is 5.56 Å². The van der Waals surface area contributed by atoms with Crippen molar-refractivity contribution in [1.82, 2.24) is 5.32 Å². The molecule has 0 aliphatic carbocycles. The predicted octanol–water partition coefficient (Wildman–Crippen LogP) is 3.64. The second-order valence-corrected chi connectivity index (χ2v) is 6.71. The van der Waals surface area contributed by atoms with Crippen LogP contribution in [-0.4, -0.2) is 25.7 Å². The minimum absolute atomic E-state index is 0.0143. The molecule has 1 atom stereocenters. The SMILES string of the molecule is Cc1cc(C)c(OCC(=O)NC(C)c2ccc3c(c2)OCCO3)c(C)c1. The molecule has 0 saturated heterocycles. The van der Waals surface area contributed by atoms with E-state index in [9.17, 15) is 4.79 Å². The first kappa shape index (κ1) is 18.1. The van der Waals surface area contributed by atoms with Crippen molar-refractivity contribution >= 4 is 5.91 Å². The zero-order valence-electron chi connectivity index (χ0n) is 15.7. The molecule has 0 spiro atoms. The molecule has 138 valence electrons. The number of nitrogens with one attached hydrogen (secondary N) is 1. The van der Waals surface area contributed by atoms with E-state index >= 15 is 0 Å². The van der Waals surface area contributed by atoms with Crippen molar-refractivity contribution in [3.8, 4) is 17.2 Å². The average Bonchev–Trinajstić information content (AvgIpc) is 2.60. The summed E-state index contributed by atoms with van der Waals surface area (Å²) in [6, 6.07) is 9.68. The summed E-state index contributed by atoms with van der Waals surface area (Å²) in [5, 5.41) is 2.96. The molecule has 3 rings (SSSR count). The molecule has 1 aliphatic rings. The maximum Gasteiger partial charge on any atom is 0.258 e. The molecule has 0 fully saturated rings. The van der Waals surface area contributed by atoms with Crippen LogP contribution in [0.25, 0.3) is 0 Å². The standard InChI is InChI=1S/C21H25NO4/c1-13-9-14(2)21(15(3)10-13)26-12-20(23)22-16(4)17-5-6-18-19(11-17)25-8-7-24-18/h5-6,9-11,16H,7-8,12H2,1-4H3,(H,22,23). The highest BCUT2D eigenvalue weighted by atomic mass is 16.6. The van der Waals surface area contributed by atoms with Gasteiger partial charge < -0.3 is 19.5 Å². The van der Waals surface area contributed by atoms with Gasteiger partial charge in [0.05, 0.1) is 6.04 Å². The second-order valence-electron chi connectivity index (χ2n) is 6.71. The van der Waals surface area contributed by atoms with Crippen molar-refractivity contribution in [2.24, 2.45) is 0 Å². The van der Waals surface area contributed by atoms with E-state index in [2.05, 4.69) is 17.4 Å². The fourth-order valence-electron chi connectivity index (χ4n) is 3.23. The van der Waals surface area contributed by atoms with Crippen LogP contribution in [-0.2, 0) is 4.79 Å². The van der Waals surface area contributed by atoms with Gasteiger partial charge in [-0.2, -0.15) is 0 Å². The van der Waals surface area contributed by atoms with E-state index in [0.29, 0.717) is 13.2 Å². The van der Waals surface area contributed by atoms with Gasteiger partial charge in [-0.25, -0.2) is 0 Å². The van der Waals surface area contributed by atoms with Gasteiger partial charge in [-0.3, -0.25) is 4.79 Å². The maximum atomic E-state index is 12.3. The average molecular weight is 355 g/mol. The summed E-state index contributed by atoms with van der Waals surface area (Å²) in [7, 11) is 0. The Morgan fingerprint density at radius 1 is 1.08 bits per heavy atom. The summed E-state index contributed by atoms with van der Waals surface area (Å²) in [5.74, 6) is 2.08. The smallest absolute Gasteiger partial charge is 0.258 e. The van der Waals surface area contributed by atoms with E-state index in [4.69, 9.17) is 14.2 Å². The van der Waals surface area contributed by atoms with Crippen molar-refractivity contribution in [2.75, 3.05) is 19.8 Å². The van der Waals surface area contributed by atoms with Crippen molar-refractivity contribution in [3.05, 3.63) is 52.6 Å². The molecule has 26 heavy (non-hydrogen) atoms. The highest BCUT2D eigenvalue weighted by Gasteiger charge is 2.16. The topological polar surface area (TPSA) is 56.8 Å². The molecule has 5 nitrogen and oxygen atoms in total. The van der Waals surface area contributed by atoms with E-state index < -0.39 is 0 Å². The molecule has 2 aromatic rings. The van der Waals surface area contributed by atoms with Gasteiger partial charge in [-0.1, -0.05) is 23.8 Å². The molecule has 1 heterocycles. The van der Waals surface area contributed by atoms with Crippen LogP contribution >= 0.6 is 0 Å². The molecule has 1 unspecified atom stereocenters. The van der Waals surface area contributed by atoms with Crippen molar-refractivity contribution in [3.63, 3.8) is 0 Å². The van der Waals surface area contributed by atoms with Crippen LogP contribution in [0.3, 0.4) is 0 Å². The first-order chi connectivity index (χ1) is 12.4. The second kappa shape index (κ2) is 7.68. The van der Waals surface area contributed by atoms with Gasteiger partial charge in [-0.15, -0.1) is 0 Å². The number of carbonyl (C=O) groups excluding carboxylic acids is 1. The van der Waals surface area contributed by atoms with Gasteiger partial charge in [0.1, 0.15) is 19.0 Å². The van der Waals surface area contributed by atoms with Gasteiger partial charge in [0.2, 0.25) is 0 Å². The van der Waals surface area contributed by atoms with Crippen molar-refractivity contribution in [2.45, 2.75) is 33.7 Å². The Morgan fingerprint density at radius 3 is 2.42 bits per heavy atom. The van der Waals surface area contributed by atoms with Crippen LogP contribution in [0.1, 0.15) is 35.2 Å². The third-order valence-electron chi connectivity index (χ3n) is 4.40. The van der Waals surface area contributed by atoms with Crippen LogP contribution < -0.4 is 19.5 Å². The lowest BCUT2D eigenvalue weighted by Crippen LogP contribution is -2.31. The van der Waals surface area contributed by atoms with Crippen LogP contribution in [0.4, 0.5) is 0 Å². The highest BCUT2D eigenvalue weighted by Crippen LogP contribution is 2.32. The van der Waals surface area contributed by atoms with Gasteiger partial charge in [-0.05, 0) is 56.5 Å². The lowest BCUT2D eigenvalue weighted by Gasteiger charge is -2.21. The van der Waals surface area contributed by atoms with Gasteiger partial charge in [0.25, 0.3) is 5.91 Å². The molecule has 1 amide bonds. The number of amides is 1. The largest absolute Gasteiger partial charge is 0.486 e. The molecule has 1 aliphatic heterocycles. The van der Waals surface area contributed by atoms with Crippen LogP contribution in [0.5, 0.6) is 17.2 Å². The normalized spacial score (nSPS) is 13.8. The number of fused-ring (bicyclic) bond motifs is 1. The zero-order valence-corrected chi connectivity index (χ0v) is 15.7. The third kappa shape index (κ3) is 4.10. The Balaban J connectivity index is 1.60. The quantitative estimate of drug-likeness (QED) is 0.890. The summed E-state index contributed by atoms with van der Waals surface area (Å²) in [6.07, 6.45) is 0. The number of benzene rings is 2. The Labute approximate surface area is 154 Å². The fraction of sp³-hybridized carbons (Fsp3) is 0.381. The lowest BCUT2D eigenvalue weighted by atomic mass is 10.1. The van der Waals surface area contributed by atoms with Crippen LogP contribution in [0, 0.1) is 20.8 Å². The third-order valence-corrected chi connectivity index (χ3v) is 4.40. The molecule has 0 radical (unpaired) electrons. The van der Waals surface area contributed by atoms with Crippen molar-refractivity contribution < 1.29 is 19.0 Å². The summed E-state index contributed by atoms with van der Waals surface area (Å²) in [5.41, 5.74) is 4.22. The Bertz CT molecular complexity index is 793. The summed E-state index contributed by atoms with van der Waals surface area (Å²) in [6.45, 7) is 9.06. The Hall–Kier alpha value is -2.69. The number of hydrogen-bond acceptors (Lipinski definition) is 4. The number of hydrogen-bond donors (Lipinski definition) is 1. The van der Waals surface area contributed by atoms with Crippen LogP contribution in [0.15, 0.2) is 30.3 Å². The fourth-order valence-corrected chi connectivity index (χ4v) is 3.23. The summed E-state index contributed by atoms with van der Waals surface area (Å²) < 4.78 is 16.9. The van der Waals surface area contributed by atoms with Gasteiger partial charge in [0.15, 0.2) is 18.1 Å². The molecule has 5 heteroatoms. The minimum Gasteiger partial charge on any atom is -0.486 e. The van der Waals surface area contributed by atoms with Crippen molar-refractivity contribution in [1.29, 1.82) is 0 Å². The van der Waals surface area contributed by atoms with E-state index in [1.54, 1.807) is 0 Å². The molecular weight excluding hydrogens is 330 g/mol. The van der Waals surface area contributed by atoms with Gasteiger partial charge in [0, 0.05) is 0 Å². The molecule has 0 aromatic heterocycles. The minimum atomic E-state index is -0.160. The number of aryl methyl sites for hydroxylation is 3. The highest BCUT2D eigenvalue weighted by molar-refractivity contribution is 5.78. The molecule has 2 aromatic carbocycles. The van der Waals surface area contributed by atoms with E-state index in [0.717, 1.165) is 33.9 Å². The van der Waals surface area contributed by atoms with E-state index in [1.807, 2.05) is 45.9 Å². The summed E-state index contributed by atoms with van der Waals surface area (Å²) in [4.78, 5) is 12.3. The van der Waals surface area contributed by atoms with Gasteiger partial charge >= 0.3 is 0 Å². The Kier molecular flexibility index (Phi) is 5.35.